The van der Waals surface area contributed by atoms with Crippen molar-refractivity contribution in [1.29, 1.82) is 0 Å². The Kier molecular flexibility index (Phi) is 15.6. The van der Waals surface area contributed by atoms with Crippen LogP contribution in [0.25, 0.3) is 10.8 Å². The van der Waals surface area contributed by atoms with Gasteiger partial charge in [-0.3, -0.25) is 24.0 Å². The normalized spacial score (nSPS) is 15.2. The highest BCUT2D eigenvalue weighted by molar-refractivity contribution is 5.96. The van der Waals surface area contributed by atoms with Gasteiger partial charge in [0, 0.05) is 6.42 Å². The van der Waals surface area contributed by atoms with E-state index >= 15 is 0 Å². The molecular weight excluding hydrogens is 588 g/mol. The highest BCUT2D eigenvalue weighted by Gasteiger charge is 2.33. The zero-order valence-electron chi connectivity index (χ0n) is 27.7. The van der Waals surface area contributed by atoms with Gasteiger partial charge < -0.3 is 37.8 Å². The number of fused-ring (bicyclic) bond motifs is 1. The first kappa shape index (κ1) is 38.2. The number of primary amides is 1. The van der Waals surface area contributed by atoms with Crippen LogP contribution in [0.3, 0.4) is 0 Å². The summed E-state index contributed by atoms with van der Waals surface area (Å²) in [6, 6.07) is 9.40. The predicted octanol–water partition coefficient (Wildman–Crippen LogP) is 1.41. The SMILES string of the molecule is CC[C@H](C)[C@H](NC(=O)[C@H](Cc1ccc2ccccc2c1)NC(=O)[C@H](C)O)C(=O)N[C@@H](CCCCN)C(=O)N[C@@H](CC(C)C)C(N)=O. The number of unbranched alkanes of at least 4 members (excludes halogenated alkanes) is 1. The van der Waals surface area contributed by atoms with E-state index < -0.39 is 59.8 Å². The minimum Gasteiger partial charge on any atom is -0.384 e. The number of carbonyl (C=O) groups is 5. The van der Waals surface area contributed by atoms with Crippen LogP contribution in [0, 0.1) is 11.8 Å². The number of benzene rings is 2. The molecule has 0 saturated carbocycles. The number of hydrogen-bond acceptors (Lipinski definition) is 7. The Labute approximate surface area is 271 Å². The lowest BCUT2D eigenvalue weighted by atomic mass is 9.96. The van der Waals surface area contributed by atoms with Crippen molar-refractivity contribution in [2.24, 2.45) is 23.3 Å². The summed E-state index contributed by atoms with van der Waals surface area (Å²) in [4.78, 5) is 65.3. The van der Waals surface area contributed by atoms with Gasteiger partial charge in [0.05, 0.1) is 0 Å². The van der Waals surface area contributed by atoms with E-state index in [0.717, 1.165) is 16.3 Å². The molecule has 9 N–H and O–H groups in total. The third kappa shape index (κ3) is 12.1. The number of amides is 5. The molecule has 6 atom stereocenters. The van der Waals surface area contributed by atoms with E-state index in [1.165, 1.54) is 6.92 Å². The predicted molar refractivity (Wildman–Crippen MR) is 178 cm³/mol. The van der Waals surface area contributed by atoms with Crippen LogP contribution in [-0.4, -0.2) is 71.5 Å². The van der Waals surface area contributed by atoms with Gasteiger partial charge in [-0.25, -0.2) is 0 Å². The Bertz CT molecular complexity index is 1330. The number of nitrogens with one attached hydrogen (secondary N) is 4. The maximum atomic E-state index is 13.7. The van der Waals surface area contributed by atoms with Crippen molar-refractivity contribution in [3.63, 3.8) is 0 Å². The molecule has 0 aromatic heterocycles. The molecule has 12 nitrogen and oxygen atoms in total. The van der Waals surface area contributed by atoms with Crippen molar-refractivity contribution in [2.45, 2.75) is 103 Å². The molecule has 0 heterocycles. The molecule has 0 aliphatic carbocycles. The fraction of sp³-hybridized carbons (Fsp3) is 0.559. The third-order valence-corrected chi connectivity index (χ3v) is 8.01. The Morgan fingerprint density at radius 2 is 1.37 bits per heavy atom. The van der Waals surface area contributed by atoms with E-state index in [1.54, 1.807) is 6.92 Å². The van der Waals surface area contributed by atoms with E-state index in [1.807, 2.05) is 63.2 Å². The maximum absolute atomic E-state index is 13.7. The van der Waals surface area contributed by atoms with E-state index in [-0.39, 0.29) is 24.7 Å². The van der Waals surface area contributed by atoms with Crippen LogP contribution in [0.2, 0.25) is 0 Å². The molecule has 12 heteroatoms. The summed E-state index contributed by atoms with van der Waals surface area (Å²) in [6.07, 6.45) is 1.04. The first-order valence-electron chi connectivity index (χ1n) is 16.1. The minimum absolute atomic E-state index is 0.0879. The first-order valence-corrected chi connectivity index (χ1v) is 16.1. The number of nitrogens with two attached hydrogens (primary N) is 2. The second-order valence-corrected chi connectivity index (χ2v) is 12.4. The van der Waals surface area contributed by atoms with Crippen molar-refractivity contribution in [1.82, 2.24) is 21.3 Å². The average Bonchev–Trinajstić information content (AvgIpc) is 3.01. The minimum atomic E-state index is -1.35. The molecule has 2 rings (SSSR count). The lowest BCUT2D eigenvalue weighted by molar-refractivity contribution is -0.136. The van der Waals surface area contributed by atoms with E-state index in [4.69, 9.17) is 11.5 Å². The zero-order valence-corrected chi connectivity index (χ0v) is 27.7. The van der Waals surface area contributed by atoms with Gasteiger partial charge in [-0.15, -0.1) is 0 Å². The second kappa shape index (κ2) is 18.8. The molecule has 0 aliphatic heterocycles. The van der Waals surface area contributed by atoms with Crippen LogP contribution in [0.5, 0.6) is 0 Å². The quantitative estimate of drug-likeness (QED) is 0.112. The monoisotopic (exact) mass is 640 g/mol. The Morgan fingerprint density at radius 1 is 0.761 bits per heavy atom. The van der Waals surface area contributed by atoms with Gasteiger partial charge in [0.15, 0.2) is 0 Å². The standard InChI is InChI=1S/C34H52N6O6/c1-6-21(4)29(34(46)37-26(13-9-10-16-35)32(44)38-27(30(36)42)17-20(2)3)40-33(45)28(39-31(43)22(5)41)19-23-14-15-24-11-7-8-12-25(24)18-23/h7-8,11-12,14-15,18,20-22,26-29,41H,6,9-10,13,16-17,19,35H2,1-5H3,(H2,36,42)(H,37,46)(H,38,44)(H,39,43)(H,40,45)/t21-,22-,26-,27-,28-,29-/m0/s1. The fourth-order valence-corrected chi connectivity index (χ4v) is 5.07. The Morgan fingerprint density at radius 3 is 1.96 bits per heavy atom. The second-order valence-electron chi connectivity index (χ2n) is 12.4. The van der Waals surface area contributed by atoms with Crippen molar-refractivity contribution in [3.8, 4) is 0 Å². The largest absolute Gasteiger partial charge is 0.384 e. The first-order chi connectivity index (χ1) is 21.8. The Balaban J connectivity index is 2.31. The van der Waals surface area contributed by atoms with E-state index in [9.17, 15) is 29.1 Å². The average molecular weight is 641 g/mol. The molecular formula is C34H52N6O6. The lowest BCUT2D eigenvalue weighted by Gasteiger charge is -2.29. The summed E-state index contributed by atoms with van der Waals surface area (Å²) in [5.74, 6) is -3.40. The molecule has 0 radical (unpaired) electrons. The molecule has 0 saturated heterocycles. The molecule has 5 amide bonds. The topological polar surface area (TPSA) is 206 Å². The molecule has 0 fully saturated rings. The number of aliphatic hydroxyl groups excluding tert-OH is 1. The van der Waals surface area contributed by atoms with Gasteiger partial charge in [0.2, 0.25) is 29.5 Å². The summed E-state index contributed by atoms with van der Waals surface area (Å²) >= 11 is 0. The summed E-state index contributed by atoms with van der Waals surface area (Å²) in [7, 11) is 0. The maximum Gasteiger partial charge on any atom is 0.249 e. The van der Waals surface area contributed by atoms with Crippen LogP contribution >= 0.6 is 0 Å². The number of aliphatic hydroxyl groups is 1. The summed E-state index contributed by atoms with van der Waals surface area (Å²) < 4.78 is 0. The number of carbonyl (C=O) groups excluding carboxylic acids is 5. The van der Waals surface area contributed by atoms with Crippen LogP contribution in [-0.2, 0) is 30.4 Å². The molecule has 2 aromatic rings. The lowest BCUT2D eigenvalue weighted by Crippen LogP contribution is -2.60. The van der Waals surface area contributed by atoms with Gasteiger partial charge >= 0.3 is 0 Å². The molecule has 46 heavy (non-hydrogen) atoms. The summed E-state index contributed by atoms with van der Waals surface area (Å²) in [5, 5.41) is 22.7. The van der Waals surface area contributed by atoms with Gasteiger partial charge in [-0.2, -0.15) is 0 Å². The summed E-state index contributed by atoms with van der Waals surface area (Å²) in [5.41, 5.74) is 12.0. The molecule has 0 aliphatic rings. The van der Waals surface area contributed by atoms with Gasteiger partial charge in [0.25, 0.3) is 0 Å². The van der Waals surface area contributed by atoms with Crippen molar-refractivity contribution >= 4 is 40.3 Å². The van der Waals surface area contributed by atoms with Crippen molar-refractivity contribution in [3.05, 3.63) is 48.0 Å². The van der Waals surface area contributed by atoms with Crippen LogP contribution < -0.4 is 32.7 Å². The smallest absolute Gasteiger partial charge is 0.249 e. The molecule has 254 valence electrons. The van der Waals surface area contributed by atoms with Gasteiger partial charge in [-0.05, 0) is 67.3 Å². The van der Waals surface area contributed by atoms with Crippen LogP contribution in [0.1, 0.15) is 72.3 Å². The van der Waals surface area contributed by atoms with Crippen LogP contribution in [0.4, 0.5) is 0 Å². The van der Waals surface area contributed by atoms with Crippen LogP contribution in [0.15, 0.2) is 42.5 Å². The van der Waals surface area contributed by atoms with Crippen molar-refractivity contribution < 1.29 is 29.1 Å². The molecule has 0 spiro atoms. The van der Waals surface area contributed by atoms with Crippen molar-refractivity contribution in [2.75, 3.05) is 6.54 Å². The molecule has 0 unspecified atom stereocenters. The zero-order chi connectivity index (χ0) is 34.4. The Hall–Kier alpha value is -4.03. The fourth-order valence-electron chi connectivity index (χ4n) is 5.07. The summed E-state index contributed by atoms with van der Waals surface area (Å²) in [6.45, 7) is 9.18. The number of rotatable bonds is 19. The number of hydrogen-bond donors (Lipinski definition) is 7. The van der Waals surface area contributed by atoms with Gasteiger partial charge in [-0.1, -0.05) is 76.6 Å². The highest BCUT2D eigenvalue weighted by atomic mass is 16.3. The molecule has 0 bridgehead atoms. The molecule has 2 aromatic carbocycles. The third-order valence-electron chi connectivity index (χ3n) is 8.01. The van der Waals surface area contributed by atoms with Gasteiger partial charge in [0.1, 0.15) is 30.3 Å². The van der Waals surface area contributed by atoms with E-state index in [0.29, 0.717) is 32.2 Å². The van der Waals surface area contributed by atoms with E-state index in [2.05, 4.69) is 21.3 Å². The highest BCUT2D eigenvalue weighted by Crippen LogP contribution is 2.18.